The lowest BCUT2D eigenvalue weighted by Crippen LogP contribution is -2.48. The van der Waals surface area contributed by atoms with E-state index in [1.54, 1.807) is 0 Å². The van der Waals surface area contributed by atoms with Crippen molar-refractivity contribution in [3.8, 4) is 0 Å². The highest BCUT2D eigenvalue weighted by Crippen LogP contribution is 2.06. The lowest BCUT2D eigenvalue weighted by molar-refractivity contribution is -0.133. The highest BCUT2D eigenvalue weighted by atomic mass is 16.2. The quantitative estimate of drug-likeness (QED) is 0.648. The van der Waals surface area contributed by atoms with Gasteiger partial charge in [-0.15, -0.1) is 0 Å². The third-order valence-corrected chi connectivity index (χ3v) is 3.17. The van der Waals surface area contributed by atoms with Gasteiger partial charge >= 0.3 is 0 Å². The Kier molecular flexibility index (Phi) is 5.69. The average molecular weight is 212 g/mol. The van der Waals surface area contributed by atoms with E-state index in [2.05, 4.69) is 18.7 Å². The van der Waals surface area contributed by atoms with Crippen LogP contribution in [-0.2, 0) is 4.79 Å². The first kappa shape index (κ1) is 12.5. The van der Waals surface area contributed by atoms with Crippen LogP contribution in [0, 0.1) is 0 Å². The Morgan fingerprint density at radius 2 is 1.73 bits per heavy atom. The number of rotatable bonds is 5. The summed E-state index contributed by atoms with van der Waals surface area (Å²) in [6.45, 7) is 9.42. The van der Waals surface area contributed by atoms with Gasteiger partial charge in [0, 0.05) is 32.6 Å². The Morgan fingerprint density at radius 3 is 2.27 bits per heavy atom. The molecule has 1 rings (SSSR count). The SMILES string of the molecule is CCCCCC(=O)N1CCN(CC)CC1. The van der Waals surface area contributed by atoms with Crippen molar-refractivity contribution in [3.63, 3.8) is 0 Å². The van der Waals surface area contributed by atoms with Gasteiger partial charge in [0.15, 0.2) is 0 Å². The molecule has 0 unspecified atom stereocenters. The minimum atomic E-state index is 0.360. The fraction of sp³-hybridized carbons (Fsp3) is 0.917. The lowest BCUT2D eigenvalue weighted by atomic mass is 10.2. The van der Waals surface area contributed by atoms with Crippen LogP contribution in [0.3, 0.4) is 0 Å². The largest absolute Gasteiger partial charge is 0.340 e. The number of amides is 1. The molecule has 1 amide bonds. The molecular weight excluding hydrogens is 188 g/mol. The van der Waals surface area contributed by atoms with Crippen LogP contribution in [-0.4, -0.2) is 48.4 Å². The molecule has 1 fully saturated rings. The van der Waals surface area contributed by atoms with Crippen LogP contribution >= 0.6 is 0 Å². The Bertz CT molecular complexity index is 186. The van der Waals surface area contributed by atoms with E-state index >= 15 is 0 Å². The number of hydrogen-bond acceptors (Lipinski definition) is 2. The first-order valence-corrected chi connectivity index (χ1v) is 6.28. The van der Waals surface area contributed by atoms with Gasteiger partial charge in [-0.2, -0.15) is 0 Å². The van der Waals surface area contributed by atoms with Crippen molar-refractivity contribution in [2.45, 2.75) is 39.5 Å². The van der Waals surface area contributed by atoms with Crippen LogP contribution in [0.1, 0.15) is 39.5 Å². The number of piperazine rings is 1. The van der Waals surface area contributed by atoms with Gasteiger partial charge in [0.05, 0.1) is 0 Å². The summed E-state index contributed by atoms with van der Waals surface area (Å²) in [7, 11) is 0. The second-order valence-corrected chi connectivity index (χ2v) is 4.27. The van der Waals surface area contributed by atoms with E-state index in [4.69, 9.17) is 0 Å². The number of nitrogens with zero attached hydrogens (tertiary/aromatic N) is 2. The predicted molar refractivity (Wildman–Crippen MR) is 62.8 cm³/mol. The fourth-order valence-electron chi connectivity index (χ4n) is 2.00. The zero-order chi connectivity index (χ0) is 11.1. The summed E-state index contributed by atoms with van der Waals surface area (Å²) < 4.78 is 0. The van der Waals surface area contributed by atoms with E-state index < -0.39 is 0 Å². The summed E-state index contributed by atoms with van der Waals surface area (Å²) in [5, 5.41) is 0. The maximum atomic E-state index is 11.8. The molecule has 0 saturated carbocycles. The molecule has 0 aliphatic carbocycles. The zero-order valence-corrected chi connectivity index (χ0v) is 10.2. The molecule has 0 spiro atoms. The molecule has 88 valence electrons. The topological polar surface area (TPSA) is 23.6 Å². The third-order valence-electron chi connectivity index (χ3n) is 3.17. The first-order valence-electron chi connectivity index (χ1n) is 6.28. The van der Waals surface area contributed by atoms with Gasteiger partial charge in [-0.25, -0.2) is 0 Å². The van der Waals surface area contributed by atoms with Crippen LogP contribution in [0.15, 0.2) is 0 Å². The molecule has 15 heavy (non-hydrogen) atoms. The Hall–Kier alpha value is -0.570. The highest BCUT2D eigenvalue weighted by molar-refractivity contribution is 5.76. The van der Waals surface area contributed by atoms with Crippen molar-refractivity contribution in [2.24, 2.45) is 0 Å². The molecule has 0 radical (unpaired) electrons. The van der Waals surface area contributed by atoms with Gasteiger partial charge in [0.1, 0.15) is 0 Å². The second-order valence-electron chi connectivity index (χ2n) is 4.27. The van der Waals surface area contributed by atoms with Crippen LogP contribution in [0.4, 0.5) is 0 Å². The van der Waals surface area contributed by atoms with E-state index in [-0.39, 0.29) is 0 Å². The molecular formula is C12H24N2O. The first-order chi connectivity index (χ1) is 7.27. The van der Waals surface area contributed by atoms with Crippen LogP contribution in [0.2, 0.25) is 0 Å². The summed E-state index contributed by atoms with van der Waals surface area (Å²) in [6, 6.07) is 0. The minimum Gasteiger partial charge on any atom is -0.340 e. The zero-order valence-electron chi connectivity index (χ0n) is 10.2. The normalized spacial score (nSPS) is 18.1. The molecule has 0 atom stereocenters. The molecule has 3 nitrogen and oxygen atoms in total. The predicted octanol–water partition coefficient (Wildman–Crippen LogP) is 1.73. The molecule has 1 heterocycles. The number of hydrogen-bond donors (Lipinski definition) is 0. The van der Waals surface area contributed by atoms with Gasteiger partial charge in [-0.1, -0.05) is 26.7 Å². The summed E-state index contributed by atoms with van der Waals surface area (Å²) in [5.74, 6) is 0.360. The molecule has 1 aliphatic rings. The number of carbonyl (C=O) groups excluding carboxylic acids is 1. The molecule has 0 aromatic rings. The van der Waals surface area contributed by atoms with Crippen LogP contribution < -0.4 is 0 Å². The second kappa shape index (κ2) is 6.83. The smallest absolute Gasteiger partial charge is 0.222 e. The van der Waals surface area contributed by atoms with Crippen LogP contribution in [0.5, 0.6) is 0 Å². The molecule has 0 aromatic heterocycles. The third kappa shape index (κ3) is 4.20. The monoisotopic (exact) mass is 212 g/mol. The maximum absolute atomic E-state index is 11.8. The Labute approximate surface area is 93.4 Å². The maximum Gasteiger partial charge on any atom is 0.222 e. The van der Waals surface area contributed by atoms with Gasteiger partial charge in [-0.05, 0) is 13.0 Å². The van der Waals surface area contributed by atoms with E-state index in [9.17, 15) is 4.79 Å². The summed E-state index contributed by atoms with van der Waals surface area (Å²) >= 11 is 0. The lowest BCUT2D eigenvalue weighted by Gasteiger charge is -2.34. The fourth-order valence-corrected chi connectivity index (χ4v) is 2.00. The number of carbonyl (C=O) groups is 1. The van der Waals surface area contributed by atoms with Crippen molar-refractivity contribution in [3.05, 3.63) is 0 Å². The summed E-state index contributed by atoms with van der Waals surface area (Å²) in [6.07, 6.45) is 4.18. The van der Waals surface area contributed by atoms with E-state index in [1.807, 2.05) is 4.90 Å². The molecule has 0 N–H and O–H groups in total. The van der Waals surface area contributed by atoms with Crippen molar-refractivity contribution in [1.29, 1.82) is 0 Å². The van der Waals surface area contributed by atoms with Gasteiger partial charge in [-0.3, -0.25) is 4.79 Å². The molecule has 0 aromatic carbocycles. The van der Waals surface area contributed by atoms with Gasteiger partial charge < -0.3 is 9.80 Å². The standard InChI is InChI=1S/C12H24N2O/c1-3-5-6-7-12(15)14-10-8-13(4-2)9-11-14/h3-11H2,1-2H3. The van der Waals surface area contributed by atoms with Crippen molar-refractivity contribution < 1.29 is 4.79 Å². The summed E-state index contributed by atoms with van der Waals surface area (Å²) in [5.41, 5.74) is 0. The molecule has 1 aliphatic heterocycles. The van der Waals surface area contributed by atoms with E-state index in [0.717, 1.165) is 45.6 Å². The Morgan fingerprint density at radius 1 is 1.07 bits per heavy atom. The van der Waals surface area contributed by atoms with Crippen molar-refractivity contribution in [2.75, 3.05) is 32.7 Å². The highest BCUT2D eigenvalue weighted by Gasteiger charge is 2.19. The summed E-state index contributed by atoms with van der Waals surface area (Å²) in [4.78, 5) is 16.2. The molecule has 1 saturated heterocycles. The van der Waals surface area contributed by atoms with Gasteiger partial charge in [0.2, 0.25) is 5.91 Å². The minimum absolute atomic E-state index is 0.360. The molecule has 0 bridgehead atoms. The molecule has 3 heteroatoms. The average Bonchev–Trinajstić information content (AvgIpc) is 2.29. The van der Waals surface area contributed by atoms with E-state index in [1.165, 1.54) is 12.8 Å². The Balaban J connectivity index is 2.18. The number of likely N-dealkylation sites (N-methyl/N-ethyl adjacent to an activating group) is 1. The van der Waals surface area contributed by atoms with Crippen molar-refractivity contribution >= 4 is 5.91 Å². The van der Waals surface area contributed by atoms with Gasteiger partial charge in [0.25, 0.3) is 0 Å². The van der Waals surface area contributed by atoms with E-state index in [0.29, 0.717) is 5.91 Å². The van der Waals surface area contributed by atoms with Crippen LogP contribution in [0.25, 0.3) is 0 Å². The number of unbranched alkanes of at least 4 members (excludes halogenated alkanes) is 2. The van der Waals surface area contributed by atoms with Crippen molar-refractivity contribution in [1.82, 2.24) is 9.80 Å².